The minimum Gasteiger partial charge on any atom is -0.492 e. The SMILES string of the molecule is Cc1noc(C)c1S(=O)(=O)N1CCOc2ccc(Cl)cc2C1. The largest absolute Gasteiger partial charge is 0.492 e. The highest BCUT2D eigenvalue weighted by Crippen LogP contribution is 2.30. The smallest absolute Gasteiger partial charge is 0.248 e. The van der Waals surface area contributed by atoms with Gasteiger partial charge in [-0.1, -0.05) is 16.8 Å². The molecule has 0 unspecified atom stereocenters. The van der Waals surface area contributed by atoms with Crippen LogP contribution in [0.3, 0.4) is 0 Å². The van der Waals surface area contributed by atoms with Crippen LogP contribution in [-0.2, 0) is 16.6 Å². The zero-order valence-corrected chi connectivity index (χ0v) is 13.7. The number of benzene rings is 1. The first-order valence-corrected chi connectivity index (χ1v) is 8.55. The number of sulfonamides is 1. The van der Waals surface area contributed by atoms with E-state index in [1.807, 2.05) is 0 Å². The van der Waals surface area contributed by atoms with E-state index in [2.05, 4.69) is 5.16 Å². The highest BCUT2D eigenvalue weighted by atomic mass is 35.5. The summed E-state index contributed by atoms with van der Waals surface area (Å²) >= 11 is 5.99. The molecule has 0 radical (unpaired) electrons. The molecule has 0 bridgehead atoms. The Kier molecular flexibility index (Phi) is 3.88. The zero-order chi connectivity index (χ0) is 15.9. The van der Waals surface area contributed by atoms with Crippen LogP contribution in [0.1, 0.15) is 17.0 Å². The van der Waals surface area contributed by atoms with E-state index >= 15 is 0 Å². The van der Waals surface area contributed by atoms with Gasteiger partial charge in [0.25, 0.3) is 0 Å². The Bertz CT molecular complexity index is 797. The summed E-state index contributed by atoms with van der Waals surface area (Å²) < 4.78 is 37.7. The molecule has 0 aliphatic carbocycles. The average Bonchev–Trinajstić information content (AvgIpc) is 2.68. The molecule has 0 saturated heterocycles. The molecule has 1 aromatic heterocycles. The maximum Gasteiger partial charge on any atom is 0.248 e. The predicted molar refractivity (Wildman–Crippen MR) is 80.5 cm³/mol. The minimum atomic E-state index is -3.70. The molecule has 1 aromatic carbocycles. The summed E-state index contributed by atoms with van der Waals surface area (Å²) in [6, 6.07) is 5.20. The number of aromatic nitrogens is 1. The minimum absolute atomic E-state index is 0.123. The molecule has 0 fully saturated rings. The van der Waals surface area contributed by atoms with E-state index in [1.54, 1.807) is 32.0 Å². The normalized spacial score (nSPS) is 16.0. The summed E-state index contributed by atoms with van der Waals surface area (Å²) in [7, 11) is -3.70. The fraction of sp³-hybridized carbons (Fsp3) is 0.357. The van der Waals surface area contributed by atoms with Crippen LogP contribution in [0.2, 0.25) is 5.02 Å². The third kappa shape index (κ3) is 2.60. The Morgan fingerprint density at radius 2 is 2.09 bits per heavy atom. The second kappa shape index (κ2) is 5.57. The molecule has 3 rings (SSSR count). The number of hydrogen-bond donors (Lipinski definition) is 0. The van der Waals surface area contributed by atoms with Crippen molar-refractivity contribution in [3.8, 4) is 5.75 Å². The summed E-state index contributed by atoms with van der Waals surface area (Å²) in [5.41, 5.74) is 1.09. The second-order valence-electron chi connectivity index (χ2n) is 5.09. The van der Waals surface area contributed by atoms with Crippen molar-refractivity contribution in [3.05, 3.63) is 40.2 Å². The van der Waals surface area contributed by atoms with Crippen molar-refractivity contribution in [2.75, 3.05) is 13.2 Å². The lowest BCUT2D eigenvalue weighted by Gasteiger charge is -2.19. The highest BCUT2D eigenvalue weighted by molar-refractivity contribution is 7.89. The Hall–Kier alpha value is -1.57. The number of rotatable bonds is 2. The Labute approximate surface area is 133 Å². The number of hydrogen-bond acceptors (Lipinski definition) is 5. The summed E-state index contributed by atoms with van der Waals surface area (Å²) in [5.74, 6) is 0.940. The van der Waals surface area contributed by atoms with Crippen LogP contribution in [-0.4, -0.2) is 31.0 Å². The van der Waals surface area contributed by atoms with Crippen molar-refractivity contribution < 1.29 is 17.7 Å². The molecule has 0 spiro atoms. The lowest BCUT2D eigenvalue weighted by molar-refractivity contribution is 0.292. The van der Waals surface area contributed by atoms with Gasteiger partial charge in [-0.2, -0.15) is 4.31 Å². The first kappa shape index (κ1) is 15.3. The molecule has 0 N–H and O–H groups in total. The number of nitrogens with zero attached hydrogens (tertiary/aromatic N) is 2. The molecule has 0 atom stereocenters. The van der Waals surface area contributed by atoms with Crippen LogP contribution in [0.4, 0.5) is 0 Å². The molecular formula is C14H15ClN2O4S. The van der Waals surface area contributed by atoms with Gasteiger partial charge in [0.1, 0.15) is 22.9 Å². The summed E-state index contributed by atoms with van der Waals surface area (Å²) in [4.78, 5) is 0.123. The van der Waals surface area contributed by atoms with Crippen molar-refractivity contribution >= 4 is 21.6 Å². The molecule has 0 amide bonds. The van der Waals surface area contributed by atoms with Gasteiger partial charge in [-0.15, -0.1) is 0 Å². The topological polar surface area (TPSA) is 72.6 Å². The van der Waals surface area contributed by atoms with Crippen LogP contribution in [0.5, 0.6) is 5.75 Å². The molecular weight excluding hydrogens is 328 g/mol. The highest BCUT2D eigenvalue weighted by Gasteiger charge is 2.32. The Balaban J connectivity index is 2.02. The molecule has 8 heteroatoms. The Morgan fingerprint density at radius 3 is 2.77 bits per heavy atom. The van der Waals surface area contributed by atoms with Gasteiger partial charge in [0.2, 0.25) is 10.0 Å². The summed E-state index contributed by atoms with van der Waals surface area (Å²) in [6.07, 6.45) is 0. The van der Waals surface area contributed by atoms with E-state index in [0.717, 1.165) is 5.56 Å². The van der Waals surface area contributed by atoms with E-state index in [4.69, 9.17) is 20.9 Å². The van der Waals surface area contributed by atoms with E-state index in [9.17, 15) is 8.42 Å². The lowest BCUT2D eigenvalue weighted by atomic mass is 10.2. The molecule has 6 nitrogen and oxygen atoms in total. The zero-order valence-electron chi connectivity index (χ0n) is 12.2. The maximum absolute atomic E-state index is 12.9. The van der Waals surface area contributed by atoms with Crippen LogP contribution >= 0.6 is 11.6 Å². The monoisotopic (exact) mass is 342 g/mol. The predicted octanol–water partition coefficient (Wildman–Crippen LogP) is 2.53. The molecule has 0 saturated carbocycles. The van der Waals surface area contributed by atoms with Gasteiger partial charge in [0, 0.05) is 23.7 Å². The quantitative estimate of drug-likeness (QED) is 0.838. The van der Waals surface area contributed by atoms with Gasteiger partial charge in [-0.3, -0.25) is 0 Å². The fourth-order valence-electron chi connectivity index (χ4n) is 2.52. The van der Waals surface area contributed by atoms with Crippen LogP contribution in [0.15, 0.2) is 27.6 Å². The lowest BCUT2D eigenvalue weighted by Crippen LogP contribution is -2.33. The van der Waals surface area contributed by atoms with Crippen LogP contribution in [0.25, 0.3) is 0 Å². The van der Waals surface area contributed by atoms with E-state index < -0.39 is 10.0 Å². The molecule has 22 heavy (non-hydrogen) atoms. The number of aryl methyl sites for hydroxylation is 2. The first-order chi connectivity index (χ1) is 10.4. The third-order valence-electron chi connectivity index (χ3n) is 3.53. The van der Waals surface area contributed by atoms with Crippen molar-refractivity contribution in [2.45, 2.75) is 25.3 Å². The molecule has 2 aromatic rings. The van der Waals surface area contributed by atoms with Crippen molar-refractivity contribution in [2.24, 2.45) is 0 Å². The summed E-state index contributed by atoms with van der Waals surface area (Å²) in [5, 5.41) is 4.27. The van der Waals surface area contributed by atoms with Gasteiger partial charge >= 0.3 is 0 Å². The standard InChI is InChI=1S/C14H15ClN2O4S/c1-9-14(10(2)21-16-9)22(18,19)17-5-6-20-13-4-3-12(15)7-11(13)8-17/h3-4,7H,5-6,8H2,1-2H3. The van der Waals surface area contributed by atoms with Crippen LogP contribution < -0.4 is 4.74 Å². The molecule has 118 valence electrons. The van der Waals surface area contributed by atoms with E-state index in [1.165, 1.54) is 4.31 Å². The van der Waals surface area contributed by atoms with Gasteiger partial charge in [0.15, 0.2) is 5.76 Å². The van der Waals surface area contributed by atoms with Gasteiger partial charge < -0.3 is 9.26 Å². The van der Waals surface area contributed by atoms with Gasteiger partial charge in [-0.05, 0) is 32.0 Å². The molecule has 1 aliphatic heterocycles. The Morgan fingerprint density at radius 1 is 1.32 bits per heavy atom. The maximum atomic E-state index is 12.9. The number of halogens is 1. The first-order valence-electron chi connectivity index (χ1n) is 6.74. The van der Waals surface area contributed by atoms with Gasteiger partial charge in [-0.25, -0.2) is 8.42 Å². The van der Waals surface area contributed by atoms with Crippen molar-refractivity contribution in [3.63, 3.8) is 0 Å². The van der Waals surface area contributed by atoms with E-state index in [-0.39, 0.29) is 30.4 Å². The number of ether oxygens (including phenoxy) is 1. The molecule has 1 aliphatic rings. The number of fused-ring (bicyclic) bond motifs is 1. The van der Waals surface area contributed by atoms with Gasteiger partial charge in [0.05, 0.1) is 0 Å². The third-order valence-corrected chi connectivity index (χ3v) is 5.86. The average molecular weight is 343 g/mol. The second-order valence-corrected chi connectivity index (χ2v) is 7.40. The van der Waals surface area contributed by atoms with E-state index in [0.29, 0.717) is 16.5 Å². The van der Waals surface area contributed by atoms with Crippen molar-refractivity contribution in [1.82, 2.24) is 9.46 Å². The molecule has 2 heterocycles. The van der Waals surface area contributed by atoms with Crippen LogP contribution in [0, 0.1) is 13.8 Å². The van der Waals surface area contributed by atoms with Crippen molar-refractivity contribution in [1.29, 1.82) is 0 Å². The summed E-state index contributed by atoms with van der Waals surface area (Å²) in [6.45, 7) is 3.92. The fourth-order valence-corrected chi connectivity index (χ4v) is 4.40.